The standard InChI is InChI=1S/Mg.H3NO2S.2H/c;1-4(2)3;;/h;1H2,(H,2,3);;/q+2;;2*-1/p-1. The van der Waals surface area contributed by atoms with E-state index in [2.05, 4.69) is 5.14 Å². The van der Waals surface area contributed by atoms with E-state index < -0.39 is 11.3 Å². The molecule has 0 amide bonds. The molecule has 0 aromatic carbocycles. The van der Waals surface area contributed by atoms with E-state index in [1.54, 1.807) is 0 Å². The summed E-state index contributed by atoms with van der Waals surface area (Å²) in [6.07, 6.45) is 0. The zero-order valence-corrected chi connectivity index (χ0v) is 4.74. The van der Waals surface area contributed by atoms with Crippen LogP contribution in [-0.2, 0) is 11.3 Å². The Balaban J connectivity index is -0.0000000150. The van der Waals surface area contributed by atoms with Gasteiger partial charge in [0.15, 0.2) is 0 Å². The molecule has 0 aromatic rings. The molecule has 0 saturated heterocycles. The SMILES string of the molecule is NS(=O)[O-].[H-].[H-].[Mg+2]. The third-order valence-corrected chi connectivity index (χ3v) is 0. The van der Waals surface area contributed by atoms with E-state index >= 15 is 0 Å². The molecule has 0 aromatic heterocycles. The quantitative estimate of drug-likeness (QED) is 0.304. The number of hydrogen-bond donors (Lipinski definition) is 1. The van der Waals surface area contributed by atoms with Crippen molar-refractivity contribution in [3.8, 4) is 0 Å². The van der Waals surface area contributed by atoms with Gasteiger partial charge in [-0.1, -0.05) is 0 Å². The molecule has 0 aliphatic heterocycles. The Hall–Kier alpha value is 0.836. The van der Waals surface area contributed by atoms with Crippen molar-refractivity contribution in [2.24, 2.45) is 5.14 Å². The molecular formula is H4MgNO2S-. The topological polar surface area (TPSA) is 66.2 Å². The van der Waals surface area contributed by atoms with Gasteiger partial charge in [-0.2, -0.15) is 0 Å². The first-order valence-corrected chi connectivity index (χ1v) is 1.71. The van der Waals surface area contributed by atoms with Crippen LogP contribution >= 0.6 is 0 Å². The predicted molar refractivity (Wildman–Crippen MR) is 21.1 cm³/mol. The van der Waals surface area contributed by atoms with Crippen LogP contribution in [0.2, 0.25) is 0 Å². The molecule has 0 fully saturated rings. The molecule has 5 heteroatoms. The van der Waals surface area contributed by atoms with E-state index in [0.29, 0.717) is 0 Å². The van der Waals surface area contributed by atoms with Crippen LogP contribution in [0.25, 0.3) is 0 Å². The van der Waals surface area contributed by atoms with Gasteiger partial charge in [0.2, 0.25) is 0 Å². The minimum atomic E-state index is -2.36. The molecule has 2 N–H and O–H groups in total. The van der Waals surface area contributed by atoms with Gasteiger partial charge in [0.25, 0.3) is 0 Å². The van der Waals surface area contributed by atoms with Crippen molar-refractivity contribution in [2.45, 2.75) is 0 Å². The zero-order chi connectivity index (χ0) is 3.58. The van der Waals surface area contributed by atoms with Crippen molar-refractivity contribution >= 4 is 34.3 Å². The largest absolute Gasteiger partial charge is 2.00 e. The molecule has 0 saturated carbocycles. The van der Waals surface area contributed by atoms with Crippen LogP contribution in [0.15, 0.2) is 0 Å². The summed E-state index contributed by atoms with van der Waals surface area (Å²) < 4.78 is 17.6. The Morgan fingerprint density at radius 3 is 2.00 bits per heavy atom. The molecule has 0 bridgehead atoms. The number of rotatable bonds is 0. The van der Waals surface area contributed by atoms with Gasteiger partial charge in [0, 0.05) is 11.3 Å². The van der Waals surface area contributed by atoms with Gasteiger partial charge in [-0.15, -0.1) is 0 Å². The summed E-state index contributed by atoms with van der Waals surface area (Å²) in [4.78, 5) is 0. The van der Waals surface area contributed by atoms with Crippen molar-refractivity contribution in [1.29, 1.82) is 0 Å². The first-order valence-electron chi connectivity index (χ1n) is 0.569. The molecule has 1 unspecified atom stereocenters. The van der Waals surface area contributed by atoms with E-state index in [1.165, 1.54) is 0 Å². The maximum Gasteiger partial charge on any atom is 2.00 e. The van der Waals surface area contributed by atoms with E-state index in [-0.39, 0.29) is 25.9 Å². The van der Waals surface area contributed by atoms with E-state index in [1.807, 2.05) is 0 Å². The fourth-order valence-corrected chi connectivity index (χ4v) is 0. The predicted octanol–water partition coefficient (Wildman–Crippen LogP) is -1.42. The summed E-state index contributed by atoms with van der Waals surface area (Å²) in [7, 11) is 0. The van der Waals surface area contributed by atoms with Crippen molar-refractivity contribution in [3.05, 3.63) is 0 Å². The average molecular weight is 106 g/mol. The molecule has 0 aliphatic rings. The van der Waals surface area contributed by atoms with Gasteiger partial charge in [-0.05, 0) is 0 Å². The van der Waals surface area contributed by atoms with Gasteiger partial charge in [-0.3, -0.25) is 9.35 Å². The third-order valence-electron chi connectivity index (χ3n) is 0. The molecule has 5 heavy (non-hydrogen) atoms. The minimum Gasteiger partial charge on any atom is -1.00 e. The van der Waals surface area contributed by atoms with Gasteiger partial charge in [0.1, 0.15) is 0 Å². The molecule has 3 nitrogen and oxygen atoms in total. The fraction of sp³-hybridized carbons (Fsp3) is 0. The second-order valence-electron chi connectivity index (χ2n) is 0.260. The Kier molecular flexibility index (Phi) is 8.97. The molecule has 0 aliphatic carbocycles. The molecule has 30 valence electrons. The van der Waals surface area contributed by atoms with Crippen LogP contribution in [0.1, 0.15) is 2.85 Å². The van der Waals surface area contributed by atoms with Gasteiger partial charge in [-0.25, -0.2) is 0 Å². The average Bonchev–Trinajstić information content (AvgIpc) is 0.811. The molecule has 1 atom stereocenters. The van der Waals surface area contributed by atoms with E-state index in [9.17, 15) is 0 Å². The Bertz CT molecular complexity index is 38.7. The van der Waals surface area contributed by atoms with Gasteiger partial charge in [0.05, 0.1) is 0 Å². The maximum atomic E-state index is 8.78. The van der Waals surface area contributed by atoms with Crippen LogP contribution in [0.4, 0.5) is 0 Å². The smallest absolute Gasteiger partial charge is 1.00 e. The summed E-state index contributed by atoms with van der Waals surface area (Å²) in [6, 6.07) is 0. The Labute approximate surface area is 51.5 Å². The fourth-order valence-electron chi connectivity index (χ4n) is 0. The summed E-state index contributed by atoms with van der Waals surface area (Å²) in [5, 5.41) is 4.03. The van der Waals surface area contributed by atoms with Crippen LogP contribution in [0.5, 0.6) is 0 Å². The van der Waals surface area contributed by atoms with Crippen LogP contribution in [0.3, 0.4) is 0 Å². The third kappa shape index (κ3) is 55.6. The molecule has 0 spiro atoms. The monoisotopic (exact) mass is 106 g/mol. The van der Waals surface area contributed by atoms with Crippen molar-refractivity contribution in [1.82, 2.24) is 0 Å². The Morgan fingerprint density at radius 1 is 2.00 bits per heavy atom. The minimum absolute atomic E-state index is 0. The van der Waals surface area contributed by atoms with Crippen molar-refractivity contribution < 1.29 is 11.6 Å². The summed E-state index contributed by atoms with van der Waals surface area (Å²) in [5.74, 6) is 0. The maximum absolute atomic E-state index is 8.78. The van der Waals surface area contributed by atoms with E-state index in [0.717, 1.165) is 0 Å². The van der Waals surface area contributed by atoms with Crippen LogP contribution in [0, 0.1) is 0 Å². The summed E-state index contributed by atoms with van der Waals surface area (Å²) in [5.41, 5.74) is 0. The van der Waals surface area contributed by atoms with Crippen LogP contribution in [-0.4, -0.2) is 31.8 Å². The molecule has 0 heterocycles. The zero-order valence-electron chi connectivity index (χ0n) is 4.51. The van der Waals surface area contributed by atoms with Gasteiger partial charge >= 0.3 is 23.1 Å². The van der Waals surface area contributed by atoms with Crippen molar-refractivity contribution in [3.63, 3.8) is 0 Å². The van der Waals surface area contributed by atoms with Crippen LogP contribution < -0.4 is 5.14 Å². The summed E-state index contributed by atoms with van der Waals surface area (Å²) in [6.45, 7) is 0. The number of nitrogens with two attached hydrogens (primary N) is 1. The normalized spacial score (nSPS) is 12.4. The van der Waals surface area contributed by atoms with Gasteiger partial charge < -0.3 is 7.41 Å². The Morgan fingerprint density at radius 2 is 2.00 bits per heavy atom. The molecular weight excluding hydrogens is 102 g/mol. The first-order chi connectivity index (χ1) is 1.73. The van der Waals surface area contributed by atoms with E-state index in [4.69, 9.17) is 8.76 Å². The second-order valence-corrected chi connectivity index (χ2v) is 0.781. The summed E-state index contributed by atoms with van der Waals surface area (Å²) >= 11 is -2.36. The second kappa shape index (κ2) is 4.84. The molecule has 0 radical (unpaired) electrons. The molecule has 0 rings (SSSR count). The van der Waals surface area contributed by atoms with Crippen molar-refractivity contribution in [2.75, 3.05) is 0 Å². The first kappa shape index (κ1) is 9.28. The number of hydrogen-bond acceptors (Lipinski definition) is 2.